The molecular formula is C11H18O2. The van der Waals surface area contributed by atoms with Crippen LogP contribution in [-0.2, 0) is 4.74 Å². The lowest BCUT2D eigenvalue weighted by molar-refractivity contribution is 0.0494. The van der Waals surface area contributed by atoms with Crippen LogP contribution in [0.15, 0.2) is 36.4 Å². The molecule has 0 unspecified atom stereocenters. The molecule has 1 rings (SSSR count). The molecular weight excluding hydrogens is 164 g/mol. The lowest BCUT2D eigenvalue weighted by Crippen LogP contribution is -2.06. The Kier molecular flexibility index (Phi) is 8.62. The van der Waals surface area contributed by atoms with E-state index in [4.69, 9.17) is 9.84 Å². The molecule has 0 aliphatic heterocycles. The first-order valence-corrected chi connectivity index (χ1v) is 4.50. The van der Waals surface area contributed by atoms with E-state index in [0.29, 0.717) is 6.61 Å². The average Bonchev–Trinajstić information content (AvgIpc) is 2.18. The smallest absolute Gasteiger partial charge is 0.0701 e. The number of ether oxygens (including phenoxy) is 1. The zero-order valence-corrected chi connectivity index (χ0v) is 8.31. The quantitative estimate of drug-likeness (QED) is 0.775. The van der Waals surface area contributed by atoms with Crippen LogP contribution in [0.2, 0.25) is 0 Å². The molecule has 0 atom stereocenters. The zero-order chi connectivity index (χ0) is 9.94. The van der Waals surface area contributed by atoms with Gasteiger partial charge < -0.3 is 9.84 Å². The number of aliphatic hydroxyl groups excluding tert-OH is 1. The number of hydrogen-bond donors (Lipinski definition) is 1. The van der Waals surface area contributed by atoms with Gasteiger partial charge >= 0.3 is 0 Å². The molecule has 1 aromatic rings. The zero-order valence-electron chi connectivity index (χ0n) is 8.31. The number of aliphatic hydroxyl groups is 1. The van der Waals surface area contributed by atoms with Crippen molar-refractivity contribution in [3.05, 3.63) is 36.4 Å². The molecule has 0 fully saturated rings. The van der Waals surface area contributed by atoms with Crippen molar-refractivity contribution in [1.82, 2.24) is 0 Å². The standard InChI is InChI=1S/C6H6.C5H12O2/c1-2-4-6-5-3-1;1-5(2)7-4-3-6/h1-6H;5-6H,3-4H2,1-2H3. The van der Waals surface area contributed by atoms with Gasteiger partial charge in [0.25, 0.3) is 0 Å². The highest BCUT2D eigenvalue weighted by Gasteiger charge is 1.87. The normalized spacial score (nSPS) is 9.23. The molecule has 1 N–H and O–H groups in total. The van der Waals surface area contributed by atoms with E-state index >= 15 is 0 Å². The third-order valence-electron chi connectivity index (χ3n) is 1.21. The van der Waals surface area contributed by atoms with Crippen molar-refractivity contribution in [2.75, 3.05) is 13.2 Å². The fraction of sp³-hybridized carbons (Fsp3) is 0.455. The summed E-state index contributed by atoms with van der Waals surface area (Å²) in [4.78, 5) is 0. The van der Waals surface area contributed by atoms with E-state index in [1.165, 1.54) is 0 Å². The van der Waals surface area contributed by atoms with Gasteiger partial charge in [0.2, 0.25) is 0 Å². The van der Waals surface area contributed by atoms with E-state index in [1.807, 2.05) is 50.2 Å². The first kappa shape index (κ1) is 12.1. The van der Waals surface area contributed by atoms with E-state index in [9.17, 15) is 0 Å². The van der Waals surface area contributed by atoms with Crippen LogP contribution in [0.4, 0.5) is 0 Å². The van der Waals surface area contributed by atoms with E-state index in [2.05, 4.69) is 0 Å². The van der Waals surface area contributed by atoms with Gasteiger partial charge in [0.1, 0.15) is 0 Å². The van der Waals surface area contributed by atoms with Gasteiger partial charge in [-0.15, -0.1) is 0 Å². The summed E-state index contributed by atoms with van der Waals surface area (Å²) in [7, 11) is 0. The summed E-state index contributed by atoms with van der Waals surface area (Å²) in [5.74, 6) is 0. The van der Waals surface area contributed by atoms with Crippen LogP contribution >= 0.6 is 0 Å². The Labute approximate surface area is 80.2 Å². The molecule has 0 saturated carbocycles. The summed E-state index contributed by atoms with van der Waals surface area (Å²) in [5.41, 5.74) is 0. The molecule has 74 valence electrons. The Hall–Kier alpha value is -0.860. The van der Waals surface area contributed by atoms with Crippen molar-refractivity contribution in [1.29, 1.82) is 0 Å². The summed E-state index contributed by atoms with van der Waals surface area (Å²) in [5, 5.41) is 8.19. The summed E-state index contributed by atoms with van der Waals surface area (Å²) in [6.07, 6.45) is 0.243. The maximum absolute atomic E-state index is 8.19. The van der Waals surface area contributed by atoms with Crippen molar-refractivity contribution in [2.24, 2.45) is 0 Å². The Morgan fingerprint density at radius 2 is 1.38 bits per heavy atom. The highest BCUT2D eigenvalue weighted by atomic mass is 16.5. The molecule has 0 saturated heterocycles. The summed E-state index contributed by atoms with van der Waals surface area (Å²) in [6, 6.07) is 12.0. The van der Waals surface area contributed by atoms with Gasteiger partial charge in [-0.05, 0) is 13.8 Å². The van der Waals surface area contributed by atoms with Gasteiger partial charge in [-0.3, -0.25) is 0 Å². The molecule has 0 aliphatic rings. The van der Waals surface area contributed by atoms with E-state index in [1.54, 1.807) is 0 Å². The van der Waals surface area contributed by atoms with Gasteiger partial charge in [-0.2, -0.15) is 0 Å². The molecule has 2 nitrogen and oxygen atoms in total. The van der Waals surface area contributed by atoms with Crippen molar-refractivity contribution in [2.45, 2.75) is 20.0 Å². The summed E-state index contributed by atoms with van der Waals surface area (Å²) < 4.78 is 4.94. The van der Waals surface area contributed by atoms with Crippen molar-refractivity contribution in [3.8, 4) is 0 Å². The summed E-state index contributed by atoms with van der Waals surface area (Å²) >= 11 is 0. The number of rotatable bonds is 3. The van der Waals surface area contributed by atoms with Crippen LogP contribution in [0.1, 0.15) is 13.8 Å². The largest absolute Gasteiger partial charge is 0.394 e. The molecule has 1 aromatic carbocycles. The minimum Gasteiger partial charge on any atom is -0.394 e. The lowest BCUT2D eigenvalue weighted by Gasteiger charge is -2.02. The van der Waals surface area contributed by atoms with Crippen molar-refractivity contribution >= 4 is 0 Å². The van der Waals surface area contributed by atoms with E-state index in [-0.39, 0.29) is 12.7 Å². The summed E-state index contributed by atoms with van der Waals surface area (Å²) in [6.45, 7) is 4.46. The van der Waals surface area contributed by atoms with Crippen LogP contribution in [0.5, 0.6) is 0 Å². The van der Waals surface area contributed by atoms with Crippen molar-refractivity contribution in [3.63, 3.8) is 0 Å². The molecule has 0 aliphatic carbocycles. The minimum absolute atomic E-state index is 0.123. The monoisotopic (exact) mass is 182 g/mol. The van der Waals surface area contributed by atoms with Crippen LogP contribution in [0.25, 0.3) is 0 Å². The van der Waals surface area contributed by atoms with Crippen LogP contribution in [-0.4, -0.2) is 24.4 Å². The van der Waals surface area contributed by atoms with Crippen LogP contribution in [0.3, 0.4) is 0 Å². The second-order valence-corrected chi connectivity index (χ2v) is 2.80. The number of benzene rings is 1. The van der Waals surface area contributed by atoms with E-state index in [0.717, 1.165) is 0 Å². The fourth-order valence-corrected chi connectivity index (χ4v) is 0.673. The van der Waals surface area contributed by atoms with Gasteiger partial charge in [0, 0.05) is 0 Å². The molecule has 0 amide bonds. The van der Waals surface area contributed by atoms with Crippen molar-refractivity contribution < 1.29 is 9.84 Å². The maximum atomic E-state index is 8.19. The second-order valence-electron chi connectivity index (χ2n) is 2.80. The molecule has 0 heterocycles. The Morgan fingerprint density at radius 3 is 1.54 bits per heavy atom. The van der Waals surface area contributed by atoms with Gasteiger partial charge in [0.15, 0.2) is 0 Å². The molecule has 13 heavy (non-hydrogen) atoms. The minimum atomic E-state index is 0.123. The van der Waals surface area contributed by atoms with Crippen LogP contribution in [0, 0.1) is 0 Å². The molecule has 0 spiro atoms. The van der Waals surface area contributed by atoms with Gasteiger partial charge in [-0.25, -0.2) is 0 Å². The molecule has 0 radical (unpaired) electrons. The second kappa shape index (κ2) is 9.23. The average molecular weight is 182 g/mol. The first-order valence-electron chi connectivity index (χ1n) is 4.50. The third-order valence-corrected chi connectivity index (χ3v) is 1.21. The Morgan fingerprint density at radius 1 is 1.00 bits per heavy atom. The maximum Gasteiger partial charge on any atom is 0.0701 e. The van der Waals surface area contributed by atoms with Crippen LogP contribution < -0.4 is 0 Å². The number of hydrogen-bond acceptors (Lipinski definition) is 2. The van der Waals surface area contributed by atoms with Gasteiger partial charge in [0.05, 0.1) is 19.3 Å². The third kappa shape index (κ3) is 11.1. The molecule has 0 bridgehead atoms. The highest BCUT2D eigenvalue weighted by Crippen LogP contribution is 1.83. The molecule has 2 heteroatoms. The predicted octanol–water partition coefficient (Wildman–Crippen LogP) is 2.09. The predicted molar refractivity (Wildman–Crippen MR) is 54.6 cm³/mol. The van der Waals surface area contributed by atoms with Gasteiger partial charge in [-0.1, -0.05) is 36.4 Å². The van der Waals surface area contributed by atoms with E-state index < -0.39 is 0 Å². The topological polar surface area (TPSA) is 29.5 Å². The molecule has 0 aromatic heterocycles. The first-order chi connectivity index (χ1) is 6.27. The Bertz CT molecular complexity index is 146. The highest BCUT2D eigenvalue weighted by molar-refractivity contribution is 4.99. The Balaban J connectivity index is 0.000000223. The lowest BCUT2D eigenvalue weighted by atomic mass is 10.4. The SMILES string of the molecule is CC(C)OCCO.c1ccccc1. The fourth-order valence-electron chi connectivity index (χ4n) is 0.673.